The number of aromatic amines is 1. The zero-order valence-electron chi connectivity index (χ0n) is 25.3. The van der Waals surface area contributed by atoms with Crippen molar-refractivity contribution < 1.29 is 4.79 Å². The molecule has 4 aromatic rings. The lowest BCUT2D eigenvalue weighted by atomic mass is 9.73. The Morgan fingerprint density at radius 1 is 1.07 bits per heavy atom. The van der Waals surface area contributed by atoms with Crippen LogP contribution < -0.4 is 5.69 Å². The average Bonchev–Trinajstić information content (AvgIpc) is 3.61. The third-order valence-corrected chi connectivity index (χ3v) is 9.01. The minimum atomic E-state index is -0.152. The number of hydrogen-bond donors (Lipinski definition) is 1. The summed E-state index contributed by atoms with van der Waals surface area (Å²) in [7, 11) is 0. The van der Waals surface area contributed by atoms with E-state index in [1.165, 1.54) is 0 Å². The summed E-state index contributed by atoms with van der Waals surface area (Å²) in [5, 5.41) is 14.7. The molecule has 1 aliphatic carbocycles. The molecule has 0 spiro atoms. The second kappa shape index (κ2) is 13.4. The fourth-order valence-corrected chi connectivity index (χ4v) is 6.80. The van der Waals surface area contributed by atoms with Gasteiger partial charge in [0.05, 0.1) is 12.6 Å². The number of carbonyl (C=O) groups is 1. The summed E-state index contributed by atoms with van der Waals surface area (Å²) in [6.07, 6.45) is 13.7. The molecule has 9 nitrogen and oxygen atoms in total. The average molecular weight is 570 g/mol. The number of Topliss-reactive ketones (excluding diaryl/α,β-unsaturated/α-hetero) is 1. The van der Waals surface area contributed by atoms with Gasteiger partial charge in [-0.1, -0.05) is 70.7 Å². The van der Waals surface area contributed by atoms with E-state index in [-0.39, 0.29) is 29.4 Å². The molecule has 0 bridgehead atoms. The van der Waals surface area contributed by atoms with Gasteiger partial charge in [0.15, 0.2) is 0 Å². The molecule has 42 heavy (non-hydrogen) atoms. The lowest BCUT2D eigenvalue weighted by Gasteiger charge is -2.37. The first-order valence-corrected chi connectivity index (χ1v) is 15.5. The maximum absolute atomic E-state index is 14.5. The number of nitrogens with one attached hydrogen (secondary N) is 1. The molecule has 3 aromatic heterocycles. The number of aromatic nitrogens is 7. The van der Waals surface area contributed by atoms with Crippen LogP contribution in [0.1, 0.15) is 89.9 Å². The molecule has 0 amide bonds. The molecule has 3 unspecified atom stereocenters. The van der Waals surface area contributed by atoms with Crippen molar-refractivity contribution in [3.8, 4) is 22.5 Å². The molecule has 3 heterocycles. The molecule has 3 atom stereocenters. The van der Waals surface area contributed by atoms with Crippen LogP contribution in [0.4, 0.5) is 0 Å². The molecule has 1 aromatic carbocycles. The Kier molecular flexibility index (Phi) is 9.45. The van der Waals surface area contributed by atoms with Crippen LogP contribution in [0.5, 0.6) is 0 Å². The zero-order chi connectivity index (χ0) is 29.6. The van der Waals surface area contributed by atoms with E-state index < -0.39 is 0 Å². The van der Waals surface area contributed by atoms with Gasteiger partial charge in [-0.2, -0.15) is 5.21 Å². The van der Waals surface area contributed by atoms with E-state index in [2.05, 4.69) is 52.6 Å². The van der Waals surface area contributed by atoms with Crippen molar-refractivity contribution in [2.45, 2.75) is 91.6 Å². The smallest absolute Gasteiger partial charge is 0.300 e. The highest BCUT2D eigenvalue weighted by Gasteiger charge is 2.37. The zero-order valence-corrected chi connectivity index (χ0v) is 25.3. The quantitative estimate of drug-likeness (QED) is 0.241. The lowest BCUT2D eigenvalue weighted by Crippen LogP contribution is -2.40. The molecule has 1 saturated carbocycles. The van der Waals surface area contributed by atoms with Crippen LogP contribution in [-0.2, 0) is 17.8 Å². The first kappa shape index (κ1) is 29.6. The highest BCUT2D eigenvalue weighted by atomic mass is 16.2. The van der Waals surface area contributed by atoms with E-state index in [9.17, 15) is 9.59 Å². The highest BCUT2D eigenvalue weighted by molar-refractivity contribution is 5.81. The number of carbonyl (C=O) groups excluding carboxylic acids is 1. The maximum Gasteiger partial charge on any atom is 0.328 e. The van der Waals surface area contributed by atoms with Crippen molar-refractivity contribution in [3.05, 3.63) is 70.7 Å². The van der Waals surface area contributed by atoms with Crippen molar-refractivity contribution in [3.63, 3.8) is 0 Å². The second-order valence-electron chi connectivity index (χ2n) is 12.1. The highest BCUT2D eigenvalue weighted by Crippen LogP contribution is 2.40. The molecule has 0 radical (unpaired) electrons. The van der Waals surface area contributed by atoms with Crippen LogP contribution in [0, 0.1) is 17.8 Å². The Balaban J connectivity index is 1.62. The SMILES string of the molecule is CCCCc1cn(C2C(C(C)=O)CCCCCC2C(C)C)c(=O)n1Cc1cnccc1-c1ccccc1-c1nn[nH]n1. The predicted molar refractivity (Wildman–Crippen MR) is 164 cm³/mol. The summed E-state index contributed by atoms with van der Waals surface area (Å²) in [4.78, 5) is 32.0. The van der Waals surface area contributed by atoms with Gasteiger partial charge in [0, 0.05) is 35.8 Å². The summed E-state index contributed by atoms with van der Waals surface area (Å²) >= 11 is 0. The van der Waals surface area contributed by atoms with E-state index >= 15 is 0 Å². The number of pyridine rings is 1. The van der Waals surface area contributed by atoms with Gasteiger partial charge in [0.2, 0.25) is 5.82 Å². The van der Waals surface area contributed by atoms with Gasteiger partial charge >= 0.3 is 5.69 Å². The first-order valence-electron chi connectivity index (χ1n) is 15.5. The number of hydrogen-bond acceptors (Lipinski definition) is 6. The van der Waals surface area contributed by atoms with Gasteiger partial charge in [-0.25, -0.2) is 4.79 Å². The Hall–Kier alpha value is -3.88. The van der Waals surface area contributed by atoms with Crippen molar-refractivity contribution >= 4 is 5.78 Å². The molecular weight excluding hydrogens is 526 g/mol. The number of imidazole rings is 1. The third kappa shape index (κ3) is 6.15. The van der Waals surface area contributed by atoms with Gasteiger partial charge in [-0.3, -0.25) is 18.9 Å². The fourth-order valence-electron chi connectivity index (χ4n) is 6.80. The lowest BCUT2D eigenvalue weighted by molar-refractivity contribution is -0.123. The number of benzene rings is 1. The maximum atomic E-state index is 14.5. The summed E-state index contributed by atoms with van der Waals surface area (Å²) in [6.45, 7) is 8.74. The normalized spacial score (nSPS) is 19.5. The van der Waals surface area contributed by atoms with Gasteiger partial charge in [-0.15, -0.1) is 10.2 Å². The summed E-state index contributed by atoms with van der Waals surface area (Å²) in [5.41, 5.74) is 4.69. The van der Waals surface area contributed by atoms with Crippen molar-refractivity contribution in [2.75, 3.05) is 0 Å². The molecular formula is C33H43N7O2. The minimum absolute atomic E-state index is 0.0372. The monoisotopic (exact) mass is 569 g/mol. The standard InChI is InChI=1S/C33H43N7O2/c1-5-6-12-25-21-40(31-26(22(2)3)13-8-7-9-14-27(31)23(4)41)33(42)39(25)20-24-19-34-18-17-28(24)29-15-10-11-16-30(29)32-35-37-38-36-32/h10-11,15-19,21-22,26-27,31H,5-9,12-14,20H2,1-4H3,(H,35,36,37,38). The van der Waals surface area contributed by atoms with Crippen LogP contribution in [0.15, 0.2) is 53.7 Å². The van der Waals surface area contributed by atoms with Crippen LogP contribution >= 0.6 is 0 Å². The van der Waals surface area contributed by atoms with Crippen LogP contribution in [0.25, 0.3) is 22.5 Å². The van der Waals surface area contributed by atoms with Gasteiger partial charge in [0.1, 0.15) is 5.78 Å². The molecule has 1 fully saturated rings. The molecule has 0 saturated heterocycles. The number of H-pyrrole nitrogens is 1. The number of tetrazole rings is 1. The molecule has 1 aliphatic rings. The van der Waals surface area contributed by atoms with Crippen molar-refractivity contribution in [1.29, 1.82) is 0 Å². The van der Waals surface area contributed by atoms with E-state index in [0.717, 1.165) is 79.3 Å². The van der Waals surface area contributed by atoms with E-state index in [1.54, 1.807) is 13.1 Å². The Morgan fingerprint density at radius 3 is 2.57 bits per heavy atom. The molecule has 222 valence electrons. The minimum Gasteiger partial charge on any atom is -0.300 e. The van der Waals surface area contributed by atoms with Crippen LogP contribution in [-0.4, -0.2) is 40.5 Å². The van der Waals surface area contributed by atoms with Crippen LogP contribution in [0.3, 0.4) is 0 Å². The van der Waals surface area contributed by atoms with E-state index in [0.29, 0.717) is 18.3 Å². The van der Waals surface area contributed by atoms with Gasteiger partial charge in [0.25, 0.3) is 0 Å². The van der Waals surface area contributed by atoms with Gasteiger partial charge in [-0.05, 0) is 72.4 Å². The Bertz CT molecular complexity index is 1540. The summed E-state index contributed by atoms with van der Waals surface area (Å²) < 4.78 is 3.86. The third-order valence-electron chi connectivity index (χ3n) is 9.01. The number of rotatable bonds is 10. The van der Waals surface area contributed by atoms with Crippen molar-refractivity contribution in [2.24, 2.45) is 17.8 Å². The molecule has 9 heteroatoms. The predicted octanol–water partition coefficient (Wildman–Crippen LogP) is 6.27. The van der Waals surface area contributed by atoms with E-state index in [1.807, 2.05) is 45.7 Å². The largest absolute Gasteiger partial charge is 0.328 e. The van der Waals surface area contributed by atoms with Crippen molar-refractivity contribution in [1.82, 2.24) is 34.7 Å². The Morgan fingerprint density at radius 2 is 1.86 bits per heavy atom. The van der Waals surface area contributed by atoms with Crippen LogP contribution in [0.2, 0.25) is 0 Å². The fraction of sp³-hybridized carbons (Fsp3) is 0.515. The number of nitrogens with zero attached hydrogens (tertiary/aromatic N) is 6. The Labute approximate surface area is 247 Å². The topological polar surface area (TPSA) is 111 Å². The summed E-state index contributed by atoms with van der Waals surface area (Å²) in [6, 6.07) is 9.80. The summed E-state index contributed by atoms with van der Waals surface area (Å²) in [5.74, 6) is 1.19. The molecule has 0 aliphatic heterocycles. The molecule has 5 rings (SSSR count). The van der Waals surface area contributed by atoms with Gasteiger partial charge < -0.3 is 0 Å². The van der Waals surface area contributed by atoms with E-state index in [4.69, 9.17) is 0 Å². The number of aryl methyl sites for hydroxylation is 1. The number of ketones is 1. The molecule has 1 N–H and O–H groups in total. The second-order valence-corrected chi connectivity index (χ2v) is 12.1. The first-order chi connectivity index (χ1) is 20.4. The number of unbranched alkanes of at least 4 members (excludes halogenated alkanes) is 1.